The molecule has 8 rings (SSSR count). The summed E-state index contributed by atoms with van der Waals surface area (Å²) in [7, 11) is 1.69. The highest BCUT2D eigenvalue weighted by molar-refractivity contribution is 5.94. The third kappa shape index (κ3) is 6.35. The van der Waals surface area contributed by atoms with Crippen molar-refractivity contribution in [2.45, 2.75) is 70.3 Å². The Morgan fingerprint density at radius 2 is 1.80 bits per heavy atom. The molecule has 12 nitrogen and oxygen atoms in total. The fraction of sp³-hybridized carbons (Fsp3) is 0.486. The zero-order valence-corrected chi connectivity index (χ0v) is 30.2. The molecule has 3 aliphatic heterocycles. The molecule has 2 N–H and O–H groups in total. The highest BCUT2D eigenvalue weighted by atomic mass is 19.3. The lowest BCUT2D eigenvalue weighted by molar-refractivity contribution is -0.223. The molecule has 6 heterocycles. The summed E-state index contributed by atoms with van der Waals surface area (Å²) in [6, 6.07) is 5.04. The van der Waals surface area contributed by atoms with Gasteiger partial charge < -0.3 is 25.2 Å². The number of pyridine rings is 1. The first-order valence-corrected chi connectivity index (χ1v) is 17.9. The number of alkyl halides is 3. The zero-order valence-electron chi connectivity index (χ0n) is 30.2. The Labute approximate surface area is 307 Å². The maximum atomic E-state index is 15.8. The van der Waals surface area contributed by atoms with Gasteiger partial charge in [-0.15, -0.1) is 5.10 Å². The number of carbonyl (C=O) groups is 2. The molecule has 0 bridgehead atoms. The number of hydrogen-bond acceptors (Lipinski definition) is 9. The van der Waals surface area contributed by atoms with E-state index in [1.165, 1.54) is 35.1 Å². The van der Waals surface area contributed by atoms with Crippen LogP contribution in [0.3, 0.4) is 0 Å². The SMILES string of the molecule is CNc1cc(N2CCc3c(-c4ncc(CN5CC6(CCN(C(=O)OC(C)(C)C)CC6(F)F)C5)cc4F)cc(F)cc32)nn2c(C(=O)N[C@@H]3C[C@@H]3F)cnc12. The number of halogens is 5. The molecule has 1 aromatic carbocycles. The predicted octanol–water partition coefficient (Wildman–Crippen LogP) is 5.72. The van der Waals surface area contributed by atoms with E-state index >= 15 is 17.6 Å². The molecule has 0 unspecified atom stereocenters. The van der Waals surface area contributed by atoms with Crippen LogP contribution in [-0.2, 0) is 17.7 Å². The van der Waals surface area contributed by atoms with E-state index in [2.05, 4.69) is 25.7 Å². The van der Waals surface area contributed by atoms with E-state index in [9.17, 15) is 14.0 Å². The quantitative estimate of drug-likeness (QED) is 0.229. The van der Waals surface area contributed by atoms with Crippen molar-refractivity contribution in [2.24, 2.45) is 5.41 Å². The number of imidazole rings is 1. The fourth-order valence-corrected chi connectivity index (χ4v) is 7.73. The van der Waals surface area contributed by atoms with Gasteiger partial charge in [0.25, 0.3) is 11.8 Å². The maximum Gasteiger partial charge on any atom is 0.410 e. The first-order chi connectivity index (χ1) is 25.5. The van der Waals surface area contributed by atoms with Crippen molar-refractivity contribution in [3.8, 4) is 11.3 Å². The van der Waals surface area contributed by atoms with Gasteiger partial charge in [-0.1, -0.05) is 0 Å². The number of nitrogens with zero attached hydrogens (tertiary/aromatic N) is 7. The number of hydrogen-bond donors (Lipinski definition) is 2. The largest absolute Gasteiger partial charge is 0.444 e. The number of likely N-dealkylation sites (tertiary alicyclic amines) is 2. The molecule has 2 atom stereocenters. The topological polar surface area (TPSA) is 120 Å². The minimum absolute atomic E-state index is 0.0448. The van der Waals surface area contributed by atoms with E-state index in [0.717, 1.165) is 4.90 Å². The summed E-state index contributed by atoms with van der Waals surface area (Å²) in [4.78, 5) is 38.7. The number of amides is 2. The number of piperidine rings is 1. The second-order valence-electron chi connectivity index (χ2n) is 15.7. The smallest absolute Gasteiger partial charge is 0.410 e. The Hall–Kier alpha value is -5.06. The lowest BCUT2D eigenvalue weighted by Crippen LogP contribution is -2.70. The molecule has 1 saturated carbocycles. The standard InChI is InChI=1S/C37H40F5N9O3/c1-35(2,3)54-34(53)49-8-6-36(37(41,42)19-49)17-48(18-36)16-20-9-25(40)31(44-14-20)23-10-21(38)11-28-22(23)5-7-50(28)30-13-27(43-4)32-45-15-29(51(32)47-30)33(52)46-26-12-24(26)39/h9-11,13-15,24,26,43H,5-8,12,16-19H2,1-4H3,(H,46,52)/t24-,26+/m0/s1. The molecule has 2 saturated heterocycles. The molecule has 4 aliphatic rings. The molecular formula is C37H40F5N9O3. The van der Waals surface area contributed by atoms with Gasteiger partial charge in [-0.2, -0.15) is 0 Å². The van der Waals surface area contributed by atoms with Crippen LogP contribution < -0.4 is 15.5 Å². The number of nitrogens with one attached hydrogen (secondary N) is 2. The van der Waals surface area contributed by atoms with Crippen LogP contribution in [0.2, 0.25) is 0 Å². The number of anilines is 3. The lowest BCUT2D eigenvalue weighted by atomic mass is 9.69. The van der Waals surface area contributed by atoms with Crippen molar-refractivity contribution in [3.05, 3.63) is 65.1 Å². The summed E-state index contributed by atoms with van der Waals surface area (Å²) < 4.78 is 82.1. The highest BCUT2D eigenvalue weighted by Crippen LogP contribution is 2.51. The molecule has 1 spiro atoms. The first kappa shape index (κ1) is 35.9. The van der Waals surface area contributed by atoms with Gasteiger partial charge in [-0.25, -0.2) is 36.2 Å². The molecule has 17 heteroatoms. The summed E-state index contributed by atoms with van der Waals surface area (Å²) in [5.41, 5.74) is 0.767. The monoisotopic (exact) mass is 753 g/mol. The summed E-state index contributed by atoms with van der Waals surface area (Å²) >= 11 is 0. The van der Waals surface area contributed by atoms with E-state index in [0.29, 0.717) is 46.9 Å². The van der Waals surface area contributed by atoms with Gasteiger partial charge in [0.1, 0.15) is 29.1 Å². The minimum atomic E-state index is -3.13. The van der Waals surface area contributed by atoms with Crippen molar-refractivity contribution in [1.82, 2.24) is 34.7 Å². The van der Waals surface area contributed by atoms with Gasteiger partial charge in [0.2, 0.25) is 0 Å². The van der Waals surface area contributed by atoms with Crippen molar-refractivity contribution in [3.63, 3.8) is 0 Å². The van der Waals surface area contributed by atoms with Gasteiger partial charge in [0.15, 0.2) is 17.2 Å². The van der Waals surface area contributed by atoms with Gasteiger partial charge in [0, 0.05) is 69.7 Å². The summed E-state index contributed by atoms with van der Waals surface area (Å²) in [5, 5.41) is 10.3. The fourth-order valence-electron chi connectivity index (χ4n) is 7.73. The third-order valence-electron chi connectivity index (χ3n) is 10.6. The Balaban J connectivity index is 0.991. The highest BCUT2D eigenvalue weighted by Gasteiger charge is 2.63. The number of benzene rings is 1. The molecule has 286 valence electrons. The lowest BCUT2D eigenvalue weighted by Gasteiger charge is -2.57. The molecule has 2 amide bonds. The Morgan fingerprint density at radius 1 is 1.04 bits per heavy atom. The molecule has 54 heavy (non-hydrogen) atoms. The number of fused-ring (bicyclic) bond motifs is 2. The molecule has 4 aromatic rings. The van der Waals surface area contributed by atoms with Gasteiger partial charge >= 0.3 is 6.09 Å². The third-order valence-corrected chi connectivity index (χ3v) is 10.6. The summed E-state index contributed by atoms with van der Waals surface area (Å²) in [5.74, 6) is -4.57. The van der Waals surface area contributed by atoms with E-state index in [4.69, 9.17) is 4.74 Å². The predicted molar refractivity (Wildman–Crippen MR) is 189 cm³/mol. The second-order valence-corrected chi connectivity index (χ2v) is 15.7. The van der Waals surface area contributed by atoms with Gasteiger partial charge in [0.05, 0.1) is 29.9 Å². The maximum absolute atomic E-state index is 15.8. The Morgan fingerprint density at radius 3 is 2.46 bits per heavy atom. The van der Waals surface area contributed by atoms with E-state index in [-0.39, 0.29) is 56.0 Å². The van der Waals surface area contributed by atoms with Crippen molar-refractivity contribution in [1.29, 1.82) is 0 Å². The molecule has 3 aromatic heterocycles. The number of aromatic nitrogens is 4. The number of carbonyl (C=O) groups excluding carboxylic acids is 2. The van der Waals surface area contributed by atoms with Crippen LogP contribution in [0.5, 0.6) is 0 Å². The zero-order chi connectivity index (χ0) is 38.3. The van der Waals surface area contributed by atoms with Crippen molar-refractivity contribution in [2.75, 3.05) is 50.0 Å². The average Bonchev–Trinajstić information content (AvgIpc) is 3.41. The molecule has 1 aliphatic carbocycles. The van der Waals surface area contributed by atoms with Crippen LogP contribution in [0.25, 0.3) is 16.9 Å². The molecule has 3 fully saturated rings. The normalized spacial score (nSPS) is 21.6. The Bertz CT molecular complexity index is 2170. The number of rotatable bonds is 7. The van der Waals surface area contributed by atoms with E-state index in [1.54, 1.807) is 43.7 Å². The summed E-state index contributed by atoms with van der Waals surface area (Å²) in [6.45, 7) is 5.21. The molecular weight excluding hydrogens is 713 g/mol. The number of ether oxygens (including phenoxy) is 1. The summed E-state index contributed by atoms with van der Waals surface area (Å²) in [6.07, 6.45) is 1.76. The van der Waals surface area contributed by atoms with Crippen LogP contribution in [-0.4, -0.2) is 105 Å². The van der Waals surface area contributed by atoms with Crippen molar-refractivity contribution < 1.29 is 36.3 Å². The van der Waals surface area contributed by atoms with E-state index in [1.807, 2.05) is 0 Å². The average molecular weight is 754 g/mol. The first-order valence-electron chi connectivity index (χ1n) is 17.9. The second kappa shape index (κ2) is 12.8. The van der Waals surface area contributed by atoms with Gasteiger partial charge in [-0.05, 0) is 62.9 Å². The van der Waals surface area contributed by atoms with E-state index < -0.39 is 59.3 Å². The van der Waals surface area contributed by atoms with Crippen LogP contribution in [0.15, 0.2) is 36.7 Å². The minimum Gasteiger partial charge on any atom is -0.444 e. The van der Waals surface area contributed by atoms with Crippen LogP contribution in [0.1, 0.15) is 55.2 Å². The molecule has 0 radical (unpaired) electrons. The van der Waals surface area contributed by atoms with Crippen LogP contribution >= 0.6 is 0 Å². The van der Waals surface area contributed by atoms with Crippen molar-refractivity contribution >= 4 is 34.8 Å². The Kier molecular flexibility index (Phi) is 8.50. The van der Waals surface area contributed by atoms with Crippen LogP contribution in [0.4, 0.5) is 43.9 Å². The van der Waals surface area contributed by atoms with Gasteiger partial charge in [-0.3, -0.25) is 14.7 Å². The van der Waals surface area contributed by atoms with Crippen LogP contribution in [0, 0.1) is 17.0 Å².